The standard InChI is InChI=1S/CH2O2.BF4/c2-1-3;2-1(3,4)5/h1H,(H,2,3);/q;-1. The number of halogens is 4. The molecule has 0 unspecified atom stereocenters. The smallest absolute Gasteiger partial charge is 0.483 e. The van der Waals surface area contributed by atoms with Crippen molar-refractivity contribution >= 4 is 13.7 Å². The van der Waals surface area contributed by atoms with E-state index in [0.29, 0.717) is 0 Å². The van der Waals surface area contributed by atoms with Gasteiger partial charge >= 0.3 is 7.25 Å². The van der Waals surface area contributed by atoms with Gasteiger partial charge in [0.2, 0.25) is 0 Å². The summed E-state index contributed by atoms with van der Waals surface area (Å²) >= 11 is 0. The molecule has 0 saturated carbocycles. The Kier molecular flexibility index (Phi) is 5.67. The minimum atomic E-state index is -6.00. The van der Waals surface area contributed by atoms with Gasteiger partial charge in [-0.1, -0.05) is 0 Å². The van der Waals surface area contributed by atoms with Gasteiger partial charge in [-0.05, 0) is 0 Å². The first-order chi connectivity index (χ1) is 3.41. The number of hydrogen-bond acceptors (Lipinski definition) is 1. The summed E-state index contributed by atoms with van der Waals surface area (Å²) in [6, 6.07) is 0. The molecule has 0 atom stereocenters. The molecule has 2 nitrogen and oxygen atoms in total. The van der Waals surface area contributed by atoms with Crippen molar-refractivity contribution in [1.29, 1.82) is 0 Å². The van der Waals surface area contributed by atoms with Gasteiger partial charge in [0.05, 0.1) is 0 Å². The molecule has 0 fully saturated rings. The summed E-state index contributed by atoms with van der Waals surface area (Å²) in [6.45, 7) is -0.250. The maximum Gasteiger partial charge on any atom is 0.673 e. The molecular formula is CH2BF4O2-. The van der Waals surface area contributed by atoms with Crippen LogP contribution >= 0.6 is 0 Å². The molecule has 0 bridgehead atoms. The Bertz CT molecular complexity index is 53.5. The average Bonchev–Trinajstić information content (AvgIpc) is 1.27. The van der Waals surface area contributed by atoms with Crippen LogP contribution in [0.2, 0.25) is 0 Å². The number of carbonyl (C=O) groups is 1. The van der Waals surface area contributed by atoms with Crippen molar-refractivity contribution in [2.75, 3.05) is 0 Å². The van der Waals surface area contributed by atoms with Gasteiger partial charge in [0, 0.05) is 0 Å². The van der Waals surface area contributed by atoms with E-state index in [1.165, 1.54) is 0 Å². The normalized spacial score (nSPS) is 9.00. The van der Waals surface area contributed by atoms with E-state index in [9.17, 15) is 17.3 Å². The number of hydrogen-bond donors (Lipinski definition) is 1. The Morgan fingerprint density at radius 3 is 1.25 bits per heavy atom. The Morgan fingerprint density at radius 1 is 1.25 bits per heavy atom. The van der Waals surface area contributed by atoms with E-state index in [2.05, 4.69) is 0 Å². The van der Waals surface area contributed by atoms with Crippen molar-refractivity contribution in [2.45, 2.75) is 0 Å². The van der Waals surface area contributed by atoms with Crippen molar-refractivity contribution < 1.29 is 27.2 Å². The van der Waals surface area contributed by atoms with Crippen molar-refractivity contribution in [2.24, 2.45) is 0 Å². The Hall–Kier alpha value is -0.745. The lowest BCUT2D eigenvalue weighted by Gasteiger charge is -1.94. The molecule has 0 aromatic carbocycles. The van der Waals surface area contributed by atoms with E-state index in [1.807, 2.05) is 0 Å². The van der Waals surface area contributed by atoms with Crippen LogP contribution in [-0.2, 0) is 4.79 Å². The summed E-state index contributed by atoms with van der Waals surface area (Å²) in [4.78, 5) is 8.36. The van der Waals surface area contributed by atoms with E-state index < -0.39 is 7.25 Å². The molecule has 0 saturated heterocycles. The molecule has 0 aromatic heterocycles. The largest absolute Gasteiger partial charge is 0.673 e. The molecule has 0 aliphatic carbocycles. The zero-order valence-electron chi connectivity index (χ0n) is 3.52. The van der Waals surface area contributed by atoms with Gasteiger partial charge in [-0.2, -0.15) is 0 Å². The highest BCUT2D eigenvalue weighted by molar-refractivity contribution is 6.50. The Balaban J connectivity index is 0. The first kappa shape index (κ1) is 10.3. The van der Waals surface area contributed by atoms with E-state index in [-0.39, 0.29) is 6.47 Å². The highest BCUT2D eigenvalue weighted by atomic mass is 19.5. The van der Waals surface area contributed by atoms with Gasteiger partial charge in [0.1, 0.15) is 0 Å². The minimum absolute atomic E-state index is 0.250. The first-order valence-electron chi connectivity index (χ1n) is 1.37. The van der Waals surface area contributed by atoms with Crippen LogP contribution < -0.4 is 0 Å². The van der Waals surface area contributed by atoms with Crippen molar-refractivity contribution in [3.8, 4) is 0 Å². The molecule has 7 heteroatoms. The van der Waals surface area contributed by atoms with Gasteiger partial charge in [-0.25, -0.2) is 0 Å². The molecule has 0 spiro atoms. The third-order valence-electron chi connectivity index (χ3n) is 0. The summed E-state index contributed by atoms with van der Waals surface area (Å²) in [5.74, 6) is 0. The molecule has 0 aliphatic rings. The molecule has 0 aromatic rings. The minimum Gasteiger partial charge on any atom is -0.483 e. The summed E-state index contributed by atoms with van der Waals surface area (Å²) < 4.78 is 39.0. The van der Waals surface area contributed by atoms with Crippen molar-refractivity contribution in [1.82, 2.24) is 0 Å². The molecule has 0 aliphatic heterocycles. The summed E-state index contributed by atoms with van der Waals surface area (Å²) in [7, 11) is -6.00. The van der Waals surface area contributed by atoms with Gasteiger partial charge < -0.3 is 22.4 Å². The van der Waals surface area contributed by atoms with E-state index >= 15 is 0 Å². The second-order valence-electron chi connectivity index (χ2n) is 0.600. The Labute approximate surface area is 42.2 Å². The fourth-order valence-corrected chi connectivity index (χ4v) is 0. The van der Waals surface area contributed by atoms with Crippen LogP contribution in [0.25, 0.3) is 0 Å². The zero-order valence-corrected chi connectivity index (χ0v) is 3.52. The third-order valence-corrected chi connectivity index (χ3v) is 0. The molecule has 0 rings (SSSR count). The predicted molar refractivity (Wildman–Crippen MR) is 18.9 cm³/mol. The lowest BCUT2D eigenvalue weighted by Crippen LogP contribution is -2.02. The molecule has 8 heavy (non-hydrogen) atoms. The van der Waals surface area contributed by atoms with Gasteiger partial charge in [-0.3, -0.25) is 4.79 Å². The molecule has 1 N–H and O–H groups in total. The maximum atomic E-state index is 9.75. The SMILES string of the molecule is F[B-](F)(F)F.O=CO. The Morgan fingerprint density at radius 2 is 1.25 bits per heavy atom. The quantitative estimate of drug-likeness (QED) is 0.304. The summed E-state index contributed by atoms with van der Waals surface area (Å²) in [5, 5.41) is 6.89. The van der Waals surface area contributed by atoms with Crippen LogP contribution in [0.15, 0.2) is 0 Å². The third kappa shape index (κ3) is 171. The van der Waals surface area contributed by atoms with Crippen molar-refractivity contribution in [3.63, 3.8) is 0 Å². The van der Waals surface area contributed by atoms with Crippen LogP contribution in [0.1, 0.15) is 0 Å². The average molecular weight is 133 g/mol. The highest BCUT2D eigenvalue weighted by Gasteiger charge is 2.20. The molecule has 0 radical (unpaired) electrons. The second-order valence-corrected chi connectivity index (χ2v) is 0.600. The van der Waals surface area contributed by atoms with Gasteiger partial charge in [-0.15, -0.1) is 0 Å². The second kappa shape index (κ2) is 4.41. The van der Waals surface area contributed by atoms with E-state index in [0.717, 1.165) is 0 Å². The maximum absolute atomic E-state index is 9.75. The predicted octanol–water partition coefficient (Wildman–Crippen LogP) is 1.00. The topological polar surface area (TPSA) is 37.3 Å². The van der Waals surface area contributed by atoms with Crippen LogP contribution in [0.5, 0.6) is 0 Å². The highest BCUT2D eigenvalue weighted by Crippen LogP contribution is 2.06. The zero-order chi connectivity index (χ0) is 7.21. The van der Waals surface area contributed by atoms with E-state index in [1.54, 1.807) is 0 Å². The molecule has 0 heterocycles. The lowest BCUT2D eigenvalue weighted by atomic mass is 10.3. The van der Waals surface area contributed by atoms with Gasteiger partial charge in [0.25, 0.3) is 6.47 Å². The summed E-state index contributed by atoms with van der Waals surface area (Å²) in [5.41, 5.74) is 0. The number of rotatable bonds is 0. The van der Waals surface area contributed by atoms with E-state index in [4.69, 9.17) is 9.90 Å². The fourth-order valence-electron chi connectivity index (χ4n) is 0. The van der Waals surface area contributed by atoms with Crippen LogP contribution in [0.4, 0.5) is 17.3 Å². The molecule has 50 valence electrons. The van der Waals surface area contributed by atoms with Gasteiger partial charge in [0.15, 0.2) is 0 Å². The fraction of sp³-hybridized carbons (Fsp3) is 0. The lowest BCUT2D eigenvalue weighted by molar-refractivity contribution is -0.122. The van der Waals surface area contributed by atoms with Crippen LogP contribution in [0, 0.1) is 0 Å². The molecular weight excluding hydrogens is 131 g/mol. The van der Waals surface area contributed by atoms with Crippen molar-refractivity contribution in [3.05, 3.63) is 0 Å². The summed E-state index contributed by atoms with van der Waals surface area (Å²) in [6.07, 6.45) is 0. The first-order valence-corrected chi connectivity index (χ1v) is 1.37. The van der Waals surface area contributed by atoms with Crippen LogP contribution in [-0.4, -0.2) is 18.8 Å². The molecule has 0 amide bonds. The van der Waals surface area contributed by atoms with Crippen LogP contribution in [0.3, 0.4) is 0 Å². The number of carboxylic acid groups (broad SMARTS) is 1. The monoisotopic (exact) mass is 133 g/mol.